The van der Waals surface area contributed by atoms with Gasteiger partial charge in [0.15, 0.2) is 0 Å². The molecule has 1 aromatic carbocycles. The monoisotopic (exact) mass is 291 g/mol. The Morgan fingerprint density at radius 1 is 1.48 bits per heavy atom. The van der Waals surface area contributed by atoms with E-state index in [4.69, 9.17) is 10.5 Å². The van der Waals surface area contributed by atoms with Crippen molar-refractivity contribution in [2.24, 2.45) is 5.73 Å². The Bertz CT molecular complexity index is 502. The van der Waals surface area contributed by atoms with Gasteiger partial charge in [0.2, 0.25) is 5.91 Å². The van der Waals surface area contributed by atoms with Crippen LogP contribution in [0.4, 0.5) is 5.69 Å². The largest absolute Gasteiger partial charge is 0.373 e. The molecule has 1 unspecified atom stereocenters. The molecular weight excluding hydrogens is 266 g/mol. The highest BCUT2D eigenvalue weighted by atomic mass is 16.5. The van der Waals surface area contributed by atoms with Crippen LogP contribution in [0.2, 0.25) is 0 Å². The lowest BCUT2D eigenvalue weighted by Crippen LogP contribution is -2.54. The van der Waals surface area contributed by atoms with Gasteiger partial charge in [-0.15, -0.1) is 0 Å². The molecule has 1 aliphatic heterocycles. The van der Waals surface area contributed by atoms with Gasteiger partial charge in [-0.2, -0.15) is 0 Å². The van der Waals surface area contributed by atoms with Crippen molar-refractivity contribution in [3.63, 3.8) is 0 Å². The van der Waals surface area contributed by atoms with Crippen molar-refractivity contribution in [3.8, 4) is 0 Å². The summed E-state index contributed by atoms with van der Waals surface area (Å²) in [5.41, 5.74) is 7.24. The van der Waals surface area contributed by atoms with Crippen molar-refractivity contribution in [2.75, 3.05) is 25.0 Å². The summed E-state index contributed by atoms with van der Waals surface area (Å²) in [6, 6.07) is 7.44. The third kappa shape index (κ3) is 4.03. The zero-order chi connectivity index (χ0) is 15.5. The molecule has 0 bridgehead atoms. The number of para-hydroxylation sites is 1. The standard InChI is InChI=1S/C16H25N3O2/c1-12(19-8-9-21-16(2,3)11-19)15(20)18-14-7-5-4-6-13(14)10-17/h4-7,12H,8-11,17H2,1-3H3,(H,18,20). The van der Waals surface area contributed by atoms with Gasteiger partial charge in [0.05, 0.1) is 18.2 Å². The number of nitrogens with zero attached hydrogens (tertiary/aromatic N) is 1. The Kier molecular flexibility index (Phi) is 4.98. The second-order valence-electron chi connectivity index (χ2n) is 6.11. The summed E-state index contributed by atoms with van der Waals surface area (Å²) in [6.07, 6.45) is 0. The molecule has 0 saturated carbocycles. The maximum Gasteiger partial charge on any atom is 0.241 e. The summed E-state index contributed by atoms with van der Waals surface area (Å²) in [4.78, 5) is 14.6. The number of carbonyl (C=O) groups excluding carboxylic acids is 1. The van der Waals surface area contributed by atoms with Gasteiger partial charge in [0.25, 0.3) is 0 Å². The zero-order valence-corrected chi connectivity index (χ0v) is 13.1. The quantitative estimate of drug-likeness (QED) is 0.884. The number of morpholine rings is 1. The molecule has 1 atom stereocenters. The Balaban J connectivity index is 2.02. The second kappa shape index (κ2) is 6.56. The number of ether oxygens (including phenoxy) is 1. The molecule has 0 aliphatic carbocycles. The number of rotatable bonds is 4. The normalized spacial score (nSPS) is 20.0. The number of benzene rings is 1. The Morgan fingerprint density at radius 3 is 2.86 bits per heavy atom. The fourth-order valence-electron chi connectivity index (χ4n) is 2.61. The van der Waals surface area contributed by atoms with E-state index < -0.39 is 0 Å². The molecule has 1 amide bonds. The lowest BCUT2D eigenvalue weighted by Gasteiger charge is -2.40. The van der Waals surface area contributed by atoms with Crippen LogP contribution in [0.1, 0.15) is 26.3 Å². The SMILES string of the molecule is CC(C(=O)Nc1ccccc1CN)N1CCOC(C)(C)C1. The summed E-state index contributed by atoms with van der Waals surface area (Å²) in [5, 5.41) is 2.98. The van der Waals surface area contributed by atoms with Crippen molar-refractivity contribution in [2.45, 2.75) is 39.0 Å². The highest BCUT2D eigenvalue weighted by Crippen LogP contribution is 2.20. The maximum atomic E-state index is 12.5. The van der Waals surface area contributed by atoms with E-state index in [9.17, 15) is 4.79 Å². The van der Waals surface area contributed by atoms with Crippen LogP contribution in [0.25, 0.3) is 0 Å². The molecule has 1 aromatic rings. The van der Waals surface area contributed by atoms with Crippen LogP contribution in [0, 0.1) is 0 Å². The van der Waals surface area contributed by atoms with Gasteiger partial charge >= 0.3 is 0 Å². The fourth-order valence-corrected chi connectivity index (χ4v) is 2.61. The average Bonchev–Trinajstić information content (AvgIpc) is 2.46. The second-order valence-corrected chi connectivity index (χ2v) is 6.11. The first-order valence-corrected chi connectivity index (χ1v) is 7.40. The van der Waals surface area contributed by atoms with E-state index in [0.717, 1.165) is 24.3 Å². The minimum Gasteiger partial charge on any atom is -0.373 e. The van der Waals surface area contributed by atoms with Crippen LogP contribution < -0.4 is 11.1 Å². The minimum atomic E-state index is -0.206. The molecule has 0 radical (unpaired) electrons. The van der Waals surface area contributed by atoms with Crippen LogP contribution in [0.15, 0.2) is 24.3 Å². The predicted octanol–water partition coefficient (Wildman–Crippen LogP) is 1.58. The zero-order valence-electron chi connectivity index (χ0n) is 13.1. The van der Waals surface area contributed by atoms with E-state index in [0.29, 0.717) is 13.2 Å². The molecule has 2 rings (SSSR count). The van der Waals surface area contributed by atoms with E-state index in [1.807, 2.05) is 45.0 Å². The van der Waals surface area contributed by atoms with Crippen molar-refractivity contribution in [1.82, 2.24) is 4.90 Å². The van der Waals surface area contributed by atoms with Gasteiger partial charge in [-0.25, -0.2) is 0 Å². The van der Waals surface area contributed by atoms with Crippen LogP contribution in [-0.2, 0) is 16.1 Å². The van der Waals surface area contributed by atoms with E-state index in [1.54, 1.807) is 0 Å². The van der Waals surface area contributed by atoms with Gasteiger partial charge in [0, 0.05) is 25.3 Å². The molecule has 5 nitrogen and oxygen atoms in total. The third-order valence-electron chi connectivity index (χ3n) is 3.88. The van der Waals surface area contributed by atoms with Crippen LogP contribution in [0.5, 0.6) is 0 Å². The summed E-state index contributed by atoms with van der Waals surface area (Å²) >= 11 is 0. The fraction of sp³-hybridized carbons (Fsp3) is 0.562. The summed E-state index contributed by atoms with van der Waals surface area (Å²) in [7, 11) is 0. The first kappa shape index (κ1) is 15.9. The number of anilines is 1. The Labute approximate surface area is 126 Å². The molecule has 1 fully saturated rings. The maximum absolute atomic E-state index is 12.5. The smallest absolute Gasteiger partial charge is 0.241 e. The molecule has 3 N–H and O–H groups in total. The van der Waals surface area contributed by atoms with Gasteiger partial charge in [-0.05, 0) is 32.4 Å². The number of hydrogen-bond donors (Lipinski definition) is 2. The van der Waals surface area contributed by atoms with Crippen molar-refractivity contribution < 1.29 is 9.53 Å². The summed E-state index contributed by atoms with van der Waals surface area (Å²) in [6.45, 7) is 8.62. The van der Waals surface area contributed by atoms with Crippen molar-refractivity contribution in [1.29, 1.82) is 0 Å². The molecule has 0 spiro atoms. The number of nitrogens with two attached hydrogens (primary N) is 1. The molecule has 0 aromatic heterocycles. The molecule has 5 heteroatoms. The van der Waals surface area contributed by atoms with Gasteiger partial charge in [-0.3, -0.25) is 9.69 Å². The van der Waals surface area contributed by atoms with E-state index >= 15 is 0 Å². The van der Waals surface area contributed by atoms with Crippen molar-refractivity contribution in [3.05, 3.63) is 29.8 Å². The molecule has 1 aliphatic rings. The molecule has 1 heterocycles. The van der Waals surface area contributed by atoms with Crippen LogP contribution >= 0.6 is 0 Å². The lowest BCUT2D eigenvalue weighted by atomic mass is 10.1. The molecule has 116 valence electrons. The number of amides is 1. The highest BCUT2D eigenvalue weighted by molar-refractivity contribution is 5.95. The predicted molar refractivity (Wildman–Crippen MR) is 84.0 cm³/mol. The first-order valence-electron chi connectivity index (χ1n) is 7.40. The van der Waals surface area contributed by atoms with Crippen molar-refractivity contribution >= 4 is 11.6 Å². The van der Waals surface area contributed by atoms with Gasteiger partial charge in [0.1, 0.15) is 0 Å². The average molecular weight is 291 g/mol. The van der Waals surface area contributed by atoms with Crippen LogP contribution in [-0.4, -0.2) is 42.1 Å². The number of hydrogen-bond acceptors (Lipinski definition) is 4. The topological polar surface area (TPSA) is 67.6 Å². The highest BCUT2D eigenvalue weighted by Gasteiger charge is 2.32. The van der Waals surface area contributed by atoms with Gasteiger partial charge < -0.3 is 15.8 Å². The Morgan fingerprint density at radius 2 is 2.19 bits per heavy atom. The number of carbonyl (C=O) groups is 1. The molecular formula is C16H25N3O2. The first-order chi connectivity index (χ1) is 9.93. The van der Waals surface area contributed by atoms with E-state index in [1.165, 1.54) is 0 Å². The third-order valence-corrected chi connectivity index (χ3v) is 3.88. The van der Waals surface area contributed by atoms with Crippen LogP contribution in [0.3, 0.4) is 0 Å². The van der Waals surface area contributed by atoms with E-state index in [-0.39, 0.29) is 17.6 Å². The van der Waals surface area contributed by atoms with Gasteiger partial charge in [-0.1, -0.05) is 18.2 Å². The molecule has 21 heavy (non-hydrogen) atoms. The van der Waals surface area contributed by atoms with E-state index in [2.05, 4.69) is 10.2 Å². The Hall–Kier alpha value is -1.43. The molecule has 1 saturated heterocycles. The minimum absolute atomic E-state index is 0.00593. The number of nitrogens with one attached hydrogen (secondary N) is 1. The summed E-state index contributed by atoms with van der Waals surface area (Å²) < 4.78 is 5.69. The summed E-state index contributed by atoms with van der Waals surface area (Å²) in [5.74, 6) is -0.00593. The lowest BCUT2D eigenvalue weighted by molar-refractivity contribution is -0.129.